The Morgan fingerprint density at radius 3 is 2.40 bits per heavy atom. The molecule has 1 aromatic heterocycles. The molecule has 0 atom stereocenters. The lowest BCUT2D eigenvalue weighted by atomic mass is 10.2. The summed E-state index contributed by atoms with van der Waals surface area (Å²) in [7, 11) is 3.11. The molecule has 2 aromatic carbocycles. The summed E-state index contributed by atoms with van der Waals surface area (Å²) in [5, 5.41) is 6.97. The predicted octanol–water partition coefficient (Wildman–Crippen LogP) is 1.46. The fourth-order valence-corrected chi connectivity index (χ4v) is 2.45. The minimum Gasteiger partial charge on any atom is -0.497 e. The van der Waals surface area contributed by atoms with Crippen molar-refractivity contribution in [2.45, 2.75) is 6.54 Å². The van der Waals surface area contributed by atoms with Crippen molar-refractivity contribution in [2.24, 2.45) is 0 Å². The van der Waals surface area contributed by atoms with Crippen LogP contribution < -0.4 is 15.7 Å². The van der Waals surface area contributed by atoms with Crippen LogP contribution in [0.15, 0.2) is 59.4 Å². The van der Waals surface area contributed by atoms with E-state index in [1.807, 2.05) is 30.3 Å². The molecule has 0 spiro atoms. The third kappa shape index (κ3) is 3.30. The summed E-state index contributed by atoms with van der Waals surface area (Å²) < 4.78 is 7.78. The Kier molecular flexibility index (Phi) is 4.65. The Hall–Kier alpha value is -3.35. The van der Waals surface area contributed by atoms with Crippen molar-refractivity contribution in [3.05, 3.63) is 65.1 Å². The van der Waals surface area contributed by atoms with Crippen molar-refractivity contribution in [3.63, 3.8) is 0 Å². The first-order chi connectivity index (χ1) is 12.1. The van der Waals surface area contributed by atoms with Crippen LogP contribution in [-0.4, -0.2) is 34.4 Å². The molecule has 3 aromatic rings. The lowest BCUT2D eigenvalue weighted by Gasteiger charge is -2.04. The zero-order chi connectivity index (χ0) is 17.8. The molecule has 7 nitrogen and oxygen atoms in total. The molecule has 0 saturated heterocycles. The second-order valence-corrected chi connectivity index (χ2v) is 5.34. The molecule has 0 aliphatic rings. The van der Waals surface area contributed by atoms with Crippen LogP contribution in [0.2, 0.25) is 0 Å². The molecule has 3 rings (SSSR count). The Labute approximate surface area is 144 Å². The molecular weight excluding hydrogens is 320 g/mol. The number of nitrogens with one attached hydrogen (secondary N) is 1. The largest absolute Gasteiger partial charge is 0.497 e. The van der Waals surface area contributed by atoms with Crippen LogP contribution in [0.4, 0.5) is 0 Å². The van der Waals surface area contributed by atoms with Crippen molar-refractivity contribution in [3.8, 4) is 22.8 Å². The van der Waals surface area contributed by atoms with Crippen LogP contribution in [0.5, 0.6) is 5.75 Å². The Bertz CT molecular complexity index is 927. The zero-order valence-electron chi connectivity index (χ0n) is 14.0. The molecule has 1 N–H and O–H groups in total. The minimum atomic E-state index is -0.382. The molecule has 0 aliphatic heterocycles. The van der Waals surface area contributed by atoms with Gasteiger partial charge in [-0.25, -0.2) is 4.79 Å². The molecule has 25 heavy (non-hydrogen) atoms. The molecule has 128 valence electrons. The molecule has 1 heterocycles. The third-order valence-corrected chi connectivity index (χ3v) is 3.79. The highest BCUT2D eigenvalue weighted by Crippen LogP contribution is 2.18. The number of likely N-dealkylation sites (N-methyl/N-ethyl adjacent to an activating group) is 1. The Balaban J connectivity index is 2.13. The number of methoxy groups -OCH3 is 1. The van der Waals surface area contributed by atoms with Crippen molar-refractivity contribution in [2.75, 3.05) is 14.2 Å². The van der Waals surface area contributed by atoms with Crippen LogP contribution in [0.1, 0.15) is 0 Å². The van der Waals surface area contributed by atoms with Gasteiger partial charge in [-0.15, -0.1) is 5.10 Å². The number of hydrogen-bond donors (Lipinski definition) is 1. The number of hydrogen-bond acceptors (Lipinski definition) is 4. The summed E-state index contributed by atoms with van der Waals surface area (Å²) in [6, 6.07) is 16.3. The van der Waals surface area contributed by atoms with Gasteiger partial charge in [-0.05, 0) is 24.3 Å². The topological polar surface area (TPSA) is 78.2 Å². The Morgan fingerprint density at radius 1 is 1.12 bits per heavy atom. The molecule has 7 heteroatoms. The quantitative estimate of drug-likeness (QED) is 0.764. The highest BCUT2D eigenvalue weighted by Gasteiger charge is 2.18. The number of carbonyl (C=O) groups excluding carboxylic acids is 1. The van der Waals surface area contributed by atoms with Crippen LogP contribution in [0, 0.1) is 0 Å². The maximum atomic E-state index is 12.8. The van der Waals surface area contributed by atoms with Crippen LogP contribution in [-0.2, 0) is 11.3 Å². The van der Waals surface area contributed by atoms with E-state index in [2.05, 4.69) is 10.4 Å². The number of rotatable bonds is 5. The summed E-state index contributed by atoms with van der Waals surface area (Å²) in [6.45, 7) is -0.101. The van der Waals surface area contributed by atoms with E-state index in [-0.39, 0.29) is 18.1 Å². The van der Waals surface area contributed by atoms with Gasteiger partial charge in [0.15, 0.2) is 5.82 Å². The standard InChI is InChI=1S/C18H18N4O3/c1-19-16(23)12-21-17(13-6-4-3-5-7-13)20-22(18(21)24)14-8-10-15(25-2)11-9-14/h3-11H,12H2,1-2H3,(H,19,23). The zero-order valence-corrected chi connectivity index (χ0v) is 14.0. The average molecular weight is 338 g/mol. The predicted molar refractivity (Wildman–Crippen MR) is 93.9 cm³/mol. The van der Waals surface area contributed by atoms with Crippen molar-refractivity contribution >= 4 is 5.91 Å². The number of nitrogens with zero attached hydrogens (tertiary/aromatic N) is 3. The van der Waals surface area contributed by atoms with E-state index >= 15 is 0 Å². The number of ether oxygens (including phenoxy) is 1. The smallest absolute Gasteiger partial charge is 0.351 e. The number of carbonyl (C=O) groups is 1. The van der Waals surface area contributed by atoms with E-state index in [1.54, 1.807) is 31.4 Å². The van der Waals surface area contributed by atoms with E-state index < -0.39 is 0 Å². The molecule has 0 bridgehead atoms. The van der Waals surface area contributed by atoms with E-state index in [1.165, 1.54) is 16.3 Å². The van der Waals surface area contributed by atoms with Gasteiger partial charge in [-0.2, -0.15) is 4.68 Å². The first-order valence-electron chi connectivity index (χ1n) is 7.74. The van der Waals surface area contributed by atoms with E-state index in [9.17, 15) is 9.59 Å². The van der Waals surface area contributed by atoms with Crippen molar-refractivity contribution in [1.29, 1.82) is 0 Å². The van der Waals surface area contributed by atoms with Gasteiger partial charge < -0.3 is 10.1 Å². The molecule has 0 aliphatic carbocycles. The van der Waals surface area contributed by atoms with Gasteiger partial charge in [0.05, 0.1) is 12.8 Å². The molecule has 0 unspecified atom stereocenters. The minimum absolute atomic E-state index is 0.101. The third-order valence-electron chi connectivity index (χ3n) is 3.79. The summed E-state index contributed by atoms with van der Waals surface area (Å²) in [6.07, 6.45) is 0. The molecule has 0 saturated carbocycles. The van der Waals surface area contributed by atoms with Crippen molar-refractivity contribution < 1.29 is 9.53 Å². The normalized spacial score (nSPS) is 10.5. The second-order valence-electron chi connectivity index (χ2n) is 5.34. The second kappa shape index (κ2) is 7.04. The number of amides is 1. The number of aromatic nitrogens is 3. The van der Waals surface area contributed by atoms with Gasteiger partial charge in [0.2, 0.25) is 5.91 Å². The molecular formula is C18H18N4O3. The maximum absolute atomic E-state index is 12.8. The van der Waals surface area contributed by atoms with Gasteiger partial charge in [-0.1, -0.05) is 30.3 Å². The maximum Gasteiger partial charge on any atom is 0.351 e. The molecule has 0 fully saturated rings. The first-order valence-corrected chi connectivity index (χ1v) is 7.74. The van der Waals surface area contributed by atoms with E-state index in [0.717, 1.165) is 5.56 Å². The summed E-state index contributed by atoms with van der Waals surface area (Å²) in [4.78, 5) is 24.6. The monoisotopic (exact) mass is 338 g/mol. The molecule has 0 radical (unpaired) electrons. The van der Waals surface area contributed by atoms with Crippen LogP contribution in [0.3, 0.4) is 0 Å². The van der Waals surface area contributed by atoms with Gasteiger partial charge >= 0.3 is 5.69 Å². The number of benzene rings is 2. The highest BCUT2D eigenvalue weighted by molar-refractivity contribution is 5.76. The van der Waals surface area contributed by atoms with Crippen molar-refractivity contribution in [1.82, 2.24) is 19.7 Å². The fourth-order valence-electron chi connectivity index (χ4n) is 2.45. The first kappa shape index (κ1) is 16.5. The Morgan fingerprint density at radius 2 is 1.80 bits per heavy atom. The average Bonchev–Trinajstić information content (AvgIpc) is 2.99. The lowest BCUT2D eigenvalue weighted by molar-refractivity contribution is -0.121. The van der Waals surface area contributed by atoms with E-state index in [0.29, 0.717) is 17.3 Å². The van der Waals surface area contributed by atoms with Gasteiger partial charge in [-0.3, -0.25) is 9.36 Å². The summed E-state index contributed by atoms with van der Waals surface area (Å²) in [5.74, 6) is 0.850. The van der Waals surface area contributed by atoms with Crippen LogP contribution >= 0.6 is 0 Å². The lowest BCUT2D eigenvalue weighted by Crippen LogP contribution is -2.31. The van der Waals surface area contributed by atoms with Gasteiger partial charge in [0.25, 0.3) is 0 Å². The highest BCUT2D eigenvalue weighted by atomic mass is 16.5. The van der Waals surface area contributed by atoms with Gasteiger partial charge in [0.1, 0.15) is 12.3 Å². The summed E-state index contributed by atoms with van der Waals surface area (Å²) in [5.41, 5.74) is 0.974. The summed E-state index contributed by atoms with van der Waals surface area (Å²) >= 11 is 0. The van der Waals surface area contributed by atoms with Gasteiger partial charge in [0, 0.05) is 12.6 Å². The SMILES string of the molecule is CNC(=O)Cn1c(-c2ccccc2)nn(-c2ccc(OC)cc2)c1=O. The van der Waals surface area contributed by atoms with E-state index in [4.69, 9.17) is 4.74 Å². The van der Waals surface area contributed by atoms with Crippen LogP contribution in [0.25, 0.3) is 17.1 Å². The molecule has 1 amide bonds. The fraction of sp³-hybridized carbons (Fsp3) is 0.167.